The average molecular weight is 429 g/mol. The van der Waals surface area contributed by atoms with Crippen LogP contribution in [0.25, 0.3) is 10.9 Å². The highest BCUT2D eigenvalue weighted by Crippen LogP contribution is 2.42. The maximum atomic E-state index is 13.8. The van der Waals surface area contributed by atoms with E-state index in [0.717, 1.165) is 6.20 Å². The van der Waals surface area contributed by atoms with Gasteiger partial charge in [0.2, 0.25) is 0 Å². The number of H-pyrrole nitrogens is 1. The number of nitrogens with zero attached hydrogens (tertiary/aromatic N) is 2. The van der Waals surface area contributed by atoms with Crippen LogP contribution in [0, 0.1) is 0 Å². The minimum Gasteiger partial charge on any atom is -0.490 e. The van der Waals surface area contributed by atoms with Crippen LogP contribution in [0.4, 0.5) is 13.2 Å². The van der Waals surface area contributed by atoms with Gasteiger partial charge in [0.05, 0.1) is 22.8 Å². The van der Waals surface area contributed by atoms with E-state index < -0.39 is 23.9 Å². The van der Waals surface area contributed by atoms with Crippen molar-refractivity contribution in [1.82, 2.24) is 15.1 Å². The van der Waals surface area contributed by atoms with Crippen LogP contribution in [0.3, 0.4) is 0 Å². The molecule has 0 saturated heterocycles. The number of rotatable bonds is 3. The van der Waals surface area contributed by atoms with Crippen molar-refractivity contribution in [3.8, 4) is 5.75 Å². The van der Waals surface area contributed by atoms with Crippen LogP contribution in [0.2, 0.25) is 0 Å². The van der Waals surface area contributed by atoms with Gasteiger partial charge in [0.25, 0.3) is 11.8 Å². The van der Waals surface area contributed by atoms with Crippen LogP contribution in [-0.4, -0.2) is 39.1 Å². The summed E-state index contributed by atoms with van der Waals surface area (Å²) in [6, 6.07) is 8.99. The number of hydrogen-bond donors (Lipinski definition) is 1. The second-order valence-corrected chi connectivity index (χ2v) is 7.85. The molecule has 0 bridgehead atoms. The quantitative estimate of drug-likeness (QED) is 0.619. The van der Waals surface area contributed by atoms with Crippen molar-refractivity contribution in [1.29, 1.82) is 0 Å². The van der Waals surface area contributed by atoms with Gasteiger partial charge in [-0.15, -0.1) is 0 Å². The molecule has 1 aromatic heterocycles. The molecular formula is C22H18F3N3O3. The molecule has 9 heteroatoms. The third-order valence-electron chi connectivity index (χ3n) is 5.95. The van der Waals surface area contributed by atoms with Crippen LogP contribution < -0.4 is 4.74 Å². The van der Waals surface area contributed by atoms with Gasteiger partial charge in [-0.3, -0.25) is 19.6 Å². The van der Waals surface area contributed by atoms with Crippen molar-refractivity contribution in [2.75, 3.05) is 0 Å². The van der Waals surface area contributed by atoms with Gasteiger partial charge in [0, 0.05) is 17.8 Å². The number of aromatic amines is 1. The minimum atomic E-state index is -4.62. The monoisotopic (exact) mass is 429 g/mol. The summed E-state index contributed by atoms with van der Waals surface area (Å²) in [7, 11) is 0. The number of hydrogen-bond acceptors (Lipinski definition) is 4. The predicted molar refractivity (Wildman–Crippen MR) is 105 cm³/mol. The van der Waals surface area contributed by atoms with Crippen LogP contribution in [0.15, 0.2) is 42.6 Å². The summed E-state index contributed by atoms with van der Waals surface area (Å²) in [5.41, 5.74) is 0.120. The second-order valence-electron chi connectivity index (χ2n) is 7.85. The molecule has 0 spiro atoms. The van der Waals surface area contributed by atoms with Crippen molar-refractivity contribution in [2.24, 2.45) is 0 Å². The lowest BCUT2D eigenvalue weighted by molar-refractivity contribution is -0.138. The number of nitrogens with one attached hydrogen (secondary N) is 1. The highest BCUT2D eigenvalue weighted by molar-refractivity contribution is 6.21. The van der Waals surface area contributed by atoms with Crippen molar-refractivity contribution in [3.63, 3.8) is 0 Å². The number of carbonyl (C=O) groups is 2. The third-order valence-corrected chi connectivity index (χ3v) is 5.95. The number of amides is 2. The summed E-state index contributed by atoms with van der Waals surface area (Å²) in [4.78, 5) is 26.8. The average Bonchev–Trinajstić information content (AvgIpc) is 3.30. The first-order valence-electron chi connectivity index (χ1n) is 10.0. The van der Waals surface area contributed by atoms with Crippen LogP contribution in [0.1, 0.15) is 52.0 Å². The Morgan fingerprint density at radius 2 is 1.74 bits per heavy atom. The van der Waals surface area contributed by atoms with E-state index >= 15 is 0 Å². The van der Waals surface area contributed by atoms with E-state index in [1.807, 2.05) is 0 Å². The lowest BCUT2D eigenvalue weighted by atomic mass is 9.91. The fraction of sp³-hybridized carbons (Fsp3) is 0.318. The Hall–Kier alpha value is -3.36. The van der Waals surface area contributed by atoms with E-state index in [1.165, 1.54) is 17.0 Å². The van der Waals surface area contributed by atoms with Gasteiger partial charge in [-0.1, -0.05) is 12.1 Å². The van der Waals surface area contributed by atoms with Gasteiger partial charge >= 0.3 is 6.18 Å². The summed E-state index contributed by atoms with van der Waals surface area (Å²) in [6.45, 7) is 0. The Morgan fingerprint density at radius 1 is 1.03 bits per heavy atom. The molecule has 1 saturated carbocycles. The maximum absolute atomic E-state index is 13.8. The zero-order valence-electron chi connectivity index (χ0n) is 16.3. The first-order valence-corrected chi connectivity index (χ1v) is 10.0. The van der Waals surface area contributed by atoms with Gasteiger partial charge in [-0.25, -0.2) is 0 Å². The first kappa shape index (κ1) is 19.6. The molecule has 1 aliphatic heterocycles. The van der Waals surface area contributed by atoms with E-state index in [9.17, 15) is 22.8 Å². The van der Waals surface area contributed by atoms with Crippen molar-refractivity contribution in [3.05, 3.63) is 59.3 Å². The smallest absolute Gasteiger partial charge is 0.420 e. The Morgan fingerprint density at radius 3 is 2.42 bits per heavy atom. The molecule has 1 aliphatic carbocycles. The lowest BCUT2D eigenvalue weighted by Crippen LogP contribution is -2.44. The zero-order valence-corrected chi connectivity index (χ0v) is 16.3. The maximum Gasteiger partial charge on any atom is 0.420 e. The fourth-order valence-corrected chi connectivity index (χ4v) is 4.57. The summed E-state index contributed by atoms with van der Waals surface area (Å²) in [5, 5.41) is 6.18. The Labute approximate surface area is 175 Å². The summed E-state index contributed by atoms with van der Waals surface area (Å²) in [6.07, 6.45) is -1.97. The van der Waals surface area contributed by atoms with E-state index in [1.54, 1.807) is 24.3 Å². The van der Waals surface area contributed by atoms with Crippen LogP contribution in [-0.2, 0) is 6.18 Å². The molecule has 2 aromatic carbocycles. The highest BCUT2D eigenvalue weighted by Gasteiger charge is 2.42. The van der Waals surface area contributed by atoms with Crippen molar-refractivity contribution in [2.45, 2.75) is 44.0 Å². The summed E-state index contributed by atoms with van der Waals surface area (Å²) in [5.74, 6) is -0.987. The number of carbonyl (C=O) groups excluding carboxylic acids is 2. The van der Waals surface area contributed by atoms with Gasteiger partial charge in [-0.05, 0) is 43.5 Å². The number of alkyl halides is 3. The number of ether oxygens (including phenoxy) is 1. The summed E-state index contributed by atoms with van der Waals surface area (Å²) >= 11 is 0. The Bertz CT molecular complexity index is 1150. The van der Waals surface area contributed by atoms with Crippen molar-refractivity contribution < 1.29 is 27.5 Å². The minimum absolute atomic E-state index is 0.0577. The van der Waals surface area contributed by atoms with Gasteiger partial charge in [0.1, 0.15) is 17.4 Å². The molecule has 2 heterocycles. The van der Waals surface area contributed by atoms with E-state index in [2.05, 4.69) is 10.2 Å². The molecule has 31 heavy (non-hydrogen) atoms. The molecule has 3 aromatic rings. The van der Waals surface area contributed by atoms with E-state index in [-0.39, 0.29) is 34.9 Å². The number of imide groups is 1. The molecule has 5 rings (SSSR count). The van der Waals surface area contributed by atoms with Gasteiger partial charge in [0.15, 0.2) is 0 Å². The van der Waals surface area contributed by atoms with Crippen LogP contribution >= 0.6 is 0 Å². The second kappa shape index (κ2) is 7.11. The number of aromatic nitrogens is 2. The fourth-order valence-electron chi connectivity index (χ4n) is 4.57. The number of benzene rings is 2. The standard InChI is InChI=1S/C22H18F3N3O3/c23-22(24,25)19-16-11-26-27-17(16)8-9-18(19)31-13-5-3-4-12(10-13)28-20(29)14-6-1-2-7-15(14)21(28)30/h1-2,6-9,11-13H,3-5,10H2,(H,26,27). The molecular weight excluding hydrogens is 411 g/mol. The lowest BCUT2D eigenvalue weighted by Gasteiger charge is -2.34. The molecule has 2 atom stereocenters. The Balaban J connectivity index is 1.40. The van der Waals surface area contributed by atoms with E-state index in [0.29, 0.717) is 30.4 Å². The highest BCUT2D eigenvalue weighted by atomic mass is 19.4. The molecule has 6 nitrogen and oxygen atoms in total. The predicted octanol–water partition coefficient (Wildman–Crippen LogP) is 4.57. The SMILES string of the molecule is O=C1c2ccccc2C(=O)N1C1CCCC(Oc2ccc3[nH]ncc3c2C(F)(F)F)C1. The van der Waals surface area contributed by atoms with Crippen molar-refractivity contribution >= 4 is 22.7 Å². The zero-order chi connectivity index (χ0) is 21.8. The topological polar surface area (TPSA) is 75.3 Å². The number of fused-ring (bicyclic) bond motifs is 2. The van der Waals surface area contributed by atoms with E-state index in [4.69, 9.17) is 4.74 Å². The Kier molecular flexibility index (Phi) is 4.49. The van der Waals surface area contributed by atoms with Gasteiger partial charge < -0.3 is 4.74 Å². The molecule has 2 aliphatic rings. The van der Waals surface area contributed by atoms with Crippen LogP contribution in [0.5, 0.6) is 5.75 Å². The molecule has 2 amide bonds. The normalized spacial score (nSPS) is 21.6. The molecule has 0 radical (unpaired) electrons. The molecule has 1 fully saturated rings. The first-order chi connectivity index (χ1) is 14.8. The summed E-state index contributed by atoms with van der Waals surface area (Å²) < 4.78 is 47.1. The molecule has 2 unspecified atom stereocenters. The van der Waals surface area contributed by atoms with Gasteiger partial charge in [-0.2, -0.15) is 18.3 Å². The molecule has 160 valence electrons. The largest absolute Gasteiger partial charge is 0.490 e. The third kappa shape index (κ3) is 3.24. The number of halogens is 3. The molecule has 1 N–H and O–H groups in total.